The Morgan fingerprint density at radius 2 is 1.70 bits per heavy atom. The highest BCUT2D eigenvalue weighted by atomic mass is 16.4. The summed E-state index contributed by atoms with van der Waals surface area (Å²) in [6, 6.07) is 0. The Hall–Kier alpha value is -1.46. The zero-order chi connectivity index (χ0) is 19.8. The number of carbonyl (C=O) groups excluding carboxylic acids is 1. The predicted molar refractivity (Wildman–Crippen MR) is 111 cm³/mol. The van der Waals surface area contributed by atoms with E-state index in [0.29, 0.717) is 13.1 Å². The number of aliphatic imine (C=N–C) groups is 1. The minimum atomic E-state index is -1.06. The second-order valence-electron chi connectivity index (χ2n) is 7.55. The van der Waals surface area contributed by atoms with Crippen molar-refractivity contribution in [3.05, 3.63) is 24.6 Å². The normalized spacial score (nSPS) is 19.1. The van der Waals surface area contributed by atoms with Gasteiger partial charge in [-0.05, 0) is 25.7 Å². The van der Waals surface area contributed by atoms with Crippen molar-refractivity contribution in [1.82, 2.24) is 0 Å². The van der Waals surface area contributed by atoms with Gasteiger partial charge in [0, 0.05) is 13.0 Å². The van der Waals surface area contributed by atoms with E-state index >= 15 is 0 Å². The van der Waals surface area contributed by atoms with E-state index in [-0.39, 0.29) is 11.0 Å². The molecule has 27 heavy (non-hydrogen) atoms. The van der Waals surface area contributed by atoms with E-state index in [4.69, 9.17) is 5.73 Å². The van der Waals surface area contributed by atoms with E-state index in [9.17, 15) is 9.90 Å². The first kappa shape index (κ1) is 23.6. The van der Waals surface area contributed by atoms with Crippen molar-refractivity contribution in [2.75, 3.05) is 19.6 Å². The third-order valence-corrected chi connectivity index (χ3v) is 5.19. The summed E-state index contributed by atoms with van der Waals surface area (Å²) < 4.78 is 0.223. The first-order valence-corrected chi connectivity index (χ1v) is 10.8. The highest BCUT2D eigenvalue weighted by Gasteiger charge is 2.34. The molecule has 0 amide bonds. The van der Waals surface area contributed by atoms with Crippen molar-refractivity contribution < 1.29 is 14.4 Å². The van der Waals surface area contributed by atoms with Gasteiger partial charge < -0.3 is 15.6 Å². The standard InChI is InChI=1S/C22H39N3O2/c1-2-3-4-5-6-7-8-9-10-11-12-13-14-15-21-24-17-19-25(21,18-16-23)20-22(26)27/h11-12,17,19H,2-10,13-16,18,20,23H2,1H3/b12-11+. The Bertz CT molecular complexity index is 500. The molecule has 0 radical (unpaired) electrons. The summed E-state index contributed by atoms with van der Waals surface area (Å²) in [4.78, 5) is 15.5. The maximum absolute atomic E-state index is 11.1. The van der Waals surface area contributed by atoms with Crippen molar-refractivity contribution in [1.29, 1.82) is 0 Å². The molecule has 1 atom stereocenters. The summed E-state index contributed by atoms with van der Waals surface area (Å²) in [6.07, 6.45) is 22.9. The van der Waals surface area contributed by atoms with Crippen LogP contribution in [0, 0.1) is 0 Å². The quantitative estimate of drug-likeness (QED) is 0.239. The smallest absolute Gasteiger partial charge is 0.207 e. The molecule has 5 heteroatoms. The summed E-state index contributed by atoms with van der Waals surface area (Å²) in [6.45, 7) is 3.15. The fraction of sp³-hybridized carbons (Fsp3) is 0.727. The van der Waals surface area contributed by atoms with Crippen LogP contribution in [0.3, 0.4) is 0 Å². The molecule has 0 aliphatic carbocycles. The Labute approximate surface area is 165 Å². The zero-order valence-corrected chi connectivity index (χ0v) is 17.2. The van der Waals surface area contributed by atoms with Gasteiger partial charge in [-0.1, -0.05) is 64.0 Å². The predicted octanol–water partition coefficient (Wildman–Crippen LogP) is 3.65. The largest absolute Gasteiger partial charge is 0.544 e. The van der Waals surface area contributed by atoms with Gasteiger partial charge in [0.05, 0.1) is 12.2 Å². The Kier molecular flexibility index (Phi) is 12.7. The van der Waals surface area contributed by atoms with E-state index < -0.39 is 5.97 Å². The monoisotopic (exact) mass is 377 g/mol. The number of hydrogen-bond acceptors (Lipinski definition) is 4. The van der Waals surface area contributed by atoms with Gasteiger partial charge >= 0.3 is 0 Å². The Morgan fingerprint density at radius 1 is 1.07 bits per heavy atom. The molecule has 1 unspecified atom stereocenters. The molecular formula is C22H39N3O2. The lowest BCUT2D eigenvalue weighted by atomic mass is 10.1. The van der Waals surface area contributed by atoms with Crippen molar-refractivity contribution in [3.63, 3.8) is 0 Å². The van der Waals surface area contributed by atoms with Crippen LogP contribution in [0.1, 0.15) is 84.0 Å². The van der Waals surface area contributed by atoms with Crippen LogP contribution in [0.15, 0.2) is 29.5 Å². The second-order valence-corrected chi connectivity index (χ2v) is 7.55. The summed E-state index contributed by atoms with van der Waals surface area (Å²) in [5.74, 6) is -0.172. The fourth-order valence-corrected chi connectivity index (χ4v) is 3.63. The van der Waals surface area contributed by atoms with E-state index in [2.05, 4.69) is 24.1 Å². The number of nitrogens with zero attached hydrogens (tertiary/aromatic N) is 2. The van der Waals surface area contributed by atoms with E-state index in [1.807, 2.05) is 6.20 Å². The number of quaternary nitrogens is 1. The number of hydrogen-bond donors (Lipinski definition) is 1. The van der Waals surface area contributed by atoms with Crippen LogP contribution in [0.5, 0.6) is 0 Å². The van der Waals surface area contributed by atoms with Crippen molar-refractivity contribution in [2.45, 2.75) is 84.0 Å². The van der Waals surface area contributed by atoms with E-state index in [1.54, 1.807) is 6.20 Å². The number of carbonyl (C=O) groups is 1. The molecule has 1 heterocycles. The van der Waals surface area contributed by atoms with Crippen molar-refractivity contribution >= 4 is 11.8 Å². The minimum absolute atomic E-state index is 0.0825. The second kappa shape index (κ2) is 14.6. The number of carboxylic acid groups (broad SMARTS) is 1. The van der Waals surface area contributed by atoms with Gasteiger partial charge in [0.2, 0.25) is 5.84 Å². The van der Waals surface area contributed by atoms with Gasteiger partial charge in [0.25, 0.3) is 0 Å². The molecule has 0 saturated carbocycles. The van der Waals surface area contributed by atoms with Crippen LogP contribution in [-0.2, 0) is 4.79 Å². The third kappa shape index (κ3) is 9.87. The molecule has 2 N–H and O–H groups in total. The zero-order valence-electron chi connectivity index (χ0n) is 17.2. The Balaban J connectivity index is 2.13. The van der Waals surface area contributed by atoms with Crippen molar-refractivity contribution in [3.8, 4) is 0 Å². The molecule has 0 aromatic carbocycles. The lowest BCUT2D eigenvalue weighted by Gasteiger charge is -2.32. The number of unbranched alkanes of at least 4 members (excludes halogenated alkanes) is 9. The number of aliphatic carboxylic acids is 1. The molecule has 1 aliphatic rings. The molecule has 0 bridgehead atoms. The molecule has 5 nitrogen and oxygen atoms in total. The molecule has 0 spiro atoms. The lowest BCUT2D eigenvalue weighted by molar-refractivity contribution is -0.780. The maximum atomic E-state index is 11.1. The molecule has 0 aromatic heterocycles. The number of nitrogens with two attached hydrogens (primary N) is 1. The maximum Gasteiger partial charge on any atom is 0.207 e. The van der Waals surface area contributed by atoms with Gasteiger partial charge in [0.15, 0.2) is 0 Å². The summed E-state index contributed by atoms with van der Waals surface area (Å²) >= 11 is 0. The molecular weight excluding hydrogens is 338 g/mol. The number of allylic oxidation sites excluding steroid dienone is 2. The van der Waals surface area contributed by atoms with Gasteiger partial charge in [-0.15, -0.1) is 0 Å². The first-order chi connectivity index (χ1) is 13.1. The van der Waals surface area contributed by atoms with E-state index in [1.165, 1.54) is 51.4 Å². The highest BCUT2D eigenvalue weighted by Crippen LogP contribution is 2.20. The minimum Gasteiger partial charge on any atom is -0.544 e. The summed E-state index contributed by atoms with van der Waals surface area (Å²) in [7, 11) is 0. The molecule has 0 aromatic rings. The lowest BCUT2D eigenvalue weighted by Crippen LogP contribution is -2.55. The average molecular weight is 378 g/mol. The molecule has 0 fully saturated rings. The van der Waals surface area contributed by atoms with Crippen molar-refractivity contribution in [2.24, 2.45) is 10.7 Å². The van der Waals surface area contributed by atoms with E-state index in [0.717, 1.165) is 31.5 Å². The van der Waals surface area contributed by atoms with Crippen LogP contribution in [0.2, 0.25) is 0 Å². The molecule has 1 rings (SSSR count). The Morgan fingerprint density at radius 3 is 2.33 bits per heavy atom. The molecule has 154 valence electrons. The number of amidine groups is 1. The SMILES string of the molecule is CCCCCCCCCC/C=C/CCCC1=NC=C[N+]1(CCN)CC(=O)[O-]. The fourth-order valence-electron chi connectivity index (χ4n) is 3.63. The van der Waals surface area contributed by atoms with Gasteiger partial charge in [-0.25, -0.2) is 9.48 Å². The third-order valence-electron chi connectivity index (χ3n) is 5.19. The number of rotatable bonds is 17. The van der Waals surface area contributed by atoms with Gasteiger partial charge in [-0.3, -0.25) is 0 Å². The molecule has 1 aliphatic heterocycles. The highest BCUT2D eigenvalue weighted by molar-refractivity contribution is 5.80. The van der Waals surface area contributed by atoms with Crippen LogP contribution in [0.4, 0.5) is 0 Å². The van der Waals surface area contributed by atoms with Crippen LogP contribution >= 0.6 is 0 Å². The summed E-state index contributed by atoms with van der Waals surface area (Å²) in [5, 5.41) is 11.1. The van der Waals surface area contributed by atoms with Gasteiger partial charge in [0.1, 0.15) is 19.3 Å². The van der Waals surface area contributed by atoms with Crippen LogP contribution < -0.4 is 10.8 Å². The average Bonchev–Trinajstić information content (AvgIpc) is 3.00. The number of carboxylic acids is 1. The molecule has 0 saturated heterocycles. The summed E-state index contributed by atoms with van der Waals surface area (Å²) in [5.41, 5.74) is 5.68. The topological polar surface area (TPSA) is 78.5 Å². The first-order valence-electron chi connectivity index (χ1n) is 10.8. The van der Waals surface area contributed by atoms with Crippen LogP contribution in [-0.4, -0.2) is 35.9 Å². The van der Waals surface area contributed by atoms with Crippen LogP contribution in [0.25, 0.3) is 0 Å². The van der Waals surface area contributed by atoms with Gasteiger partial charge in [-0.2, -0.15) is 0 Å².